The summed E-state index contributed by atoms with van der Waals surface area (Å²) in [5.74, 6) is 1.61. The van der Waals surface area contributed by atoms with Crippen LogP contribution in [0.5, 0.6) is 11.5 Å². The summed E-state index contributed by atoms with van der Waals surface area (Å²) in [4.78, 5) is 0. The summed E-state index contributed by atoms with van der Waals surface area (Å²) < 4.78 is 5.47. The molecule has 2 heteroatoms. The molecule has 2 nitrogen and oxygen atoms in total. The molecule has 1 rings (SSSR count). The van der Waals surface area contributed by atoms with Gasteiger partial charge in [-0.3, -0.25) is 0 Å². The molecule has 1 aromatic carbocycles. The summed E-state index contributed by atoms with van der Waals surface area (Å²) in [6.45, 7) is 7.00. The first-order valence-corrected chi connectivity index (χ1v) is 6.67. The number of phenols is 1. The Morgan fingerprint density at radius 2 is 1.94 bits per heavy atom. The van der Waals surface area contributed by atoms with Crippen molar-refractivity contribution in [2.24, 2.45) is 0 Å². The van der Waals surface area contributed by atoms with E-state index in [1.54, 1.807) is 6.07 Å². The van der Waals surface area contributed by atoms with E-state index in [9.17, 15) is 5.11 Å². The van der Waals surface area contributed by atoms with E-state index in [0.29, 0.717) is 18.3 Å². The number of rotatable bonds is 7. The highest BCUT2D eigenvalue weighted by Crippen LogP contribution is 2.31. The van der Waals surface area contributed by atoms with Crippen LogP contribution in [-0.4, -0.2) is 11.7 Å². The van der Waals surface area contributed by atoms with E-state index in [1.165, 1.54) is 24.8 Å². The van der Waals surface area contributed by atoms with Crippen molar-refractivity contribution < 1.29 is 9.84 Å². The second kappa shape index (κ2) is 7.21. The van der Waals surface area contributed by atoms with Crippen LogP contribution in [0.15, 0.2) is 18.2 Å². The van der Waals surface area contributed by atoms with Crippen LogP contribution >= 0.6 is 0 Å². The Bertz CT molecular complexity index is 334. The van der Waals surface area contributed by atoms with Gasteiger partial charge in [-0.05, 0) is 43.4 Å². The van der Waals surface area contributed by atoms with E-state index in [-0.39, 0.29) is 0 Å². The van der Waals surface area contributed by atoms with Crippen molar-refractivity contribution in [2.75, 3.05) is 6.61 Å². The molecule has 0 saturated heterocycles. The van der Waals surface area contributed by atoms with Gasteiger partial charge in [-0.2, -0.15) is 0 Å². The maximum absolute atomic E-state index is 9.71. The quantitative estimate of drug-likeness (QED) is 0.756. The second-order valence-electron chi connectivity index (χ2n) is 4.44. The number of aromatic hydroxyl groups is 1. The van der Waals surface area contributed by atoms with Crippen LogP contribution < -0.4 is 4.74 Å². The summed E-state index contributed by atoms with van der Waals surface area (Å²) >= 11 is 0. The van der Waals surface area contributed by atoms with Gasteiger partial charge >= 0.3 is 0 Å². The highest BCUT2D eigenvalue weighted by molar-refractivity contribution is 5.39. The number of phenolic OH excluding ortho intramolecular Hbond substituents is 1. The summed E-state index contributed by atoms with van der Waals surface area (Å²) in [6, 6.07) is 5.61. The van der Waals surface area contributed by atoms with Gasteiger partial charge in [0.2, 0.25) is 0 Å². The molecule has 0 radical (unpaired) electrons. The maximum atomic E-state index is 9.71. The van der Waals surface area contributed by atoms with Crippen LogP contribution in [0, 0.1) is 0 Å². The average molecular weight is 236 g/mol. The number of unbranched alkanes of at least 4 members (excludes halogenated alkanes) is 1. The third kappa shape index (κ3) is 4.29. The minimum Gasteiger partial charge on any atom is -0.508 e. The zero-order valence-corrected chi connectivity index (χ0v) is 11.2. The van der Waals surface area contributed by atoms with E-state index in [2.05, 4.69) is 19.9 Å². The molecule has 0 heterocycles. The predicted molar refractivity (Wildman–Crippen MR) is 71.8 cm³/mol. The molecule has 0 aliphatic rings. The fraction of sp³-hybridized carbons (Fsp3) is 0.600. The van der Waals surface area contributed by atoms with Crippen LogP contribution in [0.25, 0.3) is 0 Å². The zero-order chi connectivity index (χ0) is 12.7. The molecule has 1 aromatic rings. The fourth-order valence-corrected chi connectivity index (χ4v) is 2.15. The molecule has 0 saturated carbocycles. The zero-order valence-electron chi connectivity index (χ0n) is 11.2. The first kappa shape index (κ1) is 13.9. The Balaban J connectivity index is 2.85. The van der Waals surface area contributed by atoms with Gasteiger partial charge in [-0.15, -0.1) is 0 Å². The highest BCUT2D eigenvalue weighted by Gasteiger charge is 2.11. The van der Waals surface area contributed by atoms with Gasteiger partial charge in [0.05, 0.1) is 6.61 Å². The van der Waals surface area contributed by atoms with Crippen LogP contribution in [0.1, 0.15) is 57.9 Å². The SMILES string of the molecule is CCCCC(CC)c1cc(O)cc(OCC)c1. The topological polar surface area (TPSA) is 29.5 Å². The molecule has 96 valence electrons. The molecule has 0 aliphatic carbocycles. The summed E-state index contributed by atoms with van der Waals surface area (Å²) in [6.07, 6.45) is 4.74. The van der Waals surface area contributed by atoms with E-state index in [0.717, 1.165) is 12.2 Å². The highest BCUT2D eigenvalue weighted by atomic mass is 16.5. The van der Waals surface area contributed by atoms with Crippen LogP contribution in [-0.2, 0) is 0 Å². The van der Waals surface area contributed by atoms with Crippen LogP contribution in [0.2, 0.25) is 0 Å². The van der Waals surface area contributed by atoms with Gasteiger partial charge in [0.15, 0.2) is 0 Å². The summed E-state index contributed by atoms with van der Waals surface area (Å²) in [5, 5.41) is 9.71. The van der Waals surface area contributed by atoms with Crippen LogP contribution in [0.4, 0.5) is 0 Å². The molecule has 0 amide bonds. The average Bonchev–Trinajstić information content (AvgIpc) is 2.30. The first-order chi connectivity index (χ1) is 8.21. The fourth-order valence-electron chi connectivity index (χ4n) is 2.15. The number of benzene rings is 1. The Morgan fingerprint density at radius 1 is 1.18 bits per heavy atom. The molecule has 0 aliphatic heterocycles. The van der Waals surface area contributed by atoms with E-state index >= 15 is 0 Å². The molecular formula is C15H24O2. The third-order valence-corrected chi connectivity index (χ3v) is 3.09. The van der Waals surface area contributed by atoms with Gasteiger partial charge in [-0.25, -0.2) is 0 Å². The lowest BCUT2D eigenvalue weighted by Gasteiger charge is -2.16. The van der Waals surface area contributed by atoms with E-state index in [4.69, 9.17) is 4.74 Å². The molecule has 0 fully saturated rings. The summed E-state index contributed by atoms with van der Waals surface area (Å²) in [7, 11) is 0. The normalized spacial score (nSPS) is 12.4. The Hall–Kier alpha value is -1.18. The maximum Gasteiger partial charge on any atom is 0.123 e. The van der Waals surface area contributed by atoms with Gasteiger partial charge in [0.25, 0.3) is 0 Å². The number of ether oxygens (including phenoxy) is 1. The lowest BCUT2D eigenvalue weighted by Crippen LogP contribution is -1.99. The predicted octanol–water partition coefficient (Wildman–Crippen LogP) is 4.47. The van der Waals surface area contributed by atoms with Crippen molar-refractivity contribution >= 4 is 0 Å². The van der Waals surface area contributed by atoms with Gasteiger partial charge < -0.3 is 9.84 Å². The molecule has 17 heavy (non-hydrogen) atoms. The lowest BCUT2D eigenvalue weighted by atomic mass is 9.91. The lowest BCUT2D eigenvalue weighted by molar-refractivity contribution is 0.336. The van der Waals surface area contributed by atoms with Crippen molar-refractivity contribution in [2.45, 2.75) is 52.4 Å². The third-order valence-electron chi connectivity index (χ3n) is 3.09. The monoisotopic (exact) mass is 236 g/mol. The Morgan fingerprint density at radius 3 is 2.53 bits per heavy atom. The van der Waals surface area contributed by atoms with Crippen molar-refractivity contribution in [3.8, 4) is 11.5 Å². The summed E-state index contributed by atoms with van der Waals surface area (Å²) in [5.41, 5.74) is 1.20. The van der Waals surface area contributed by atoms with E-state index in [1.807, 2.05) is 13.0 Å². The smallest absolute Gasteiger partial charge is 0.123 e. The minimum absolute atomic E-state index is 0.306. The largest absolute Gasteiger partial charge is 0.508 e. The molecule has 0 bridgehead atoms. The molecule has 1 atom stereocenters. The minimum atomic E-state index is 0.306. The molecule has 0 aromatic heterocycles. The van der Waals surface area contributed by atoms with E-state index < -0.39 is 0 Å². The molecular weight excluding hydrogens is 212 g/mol. The van der Waals surface area contributed by atoms with Crippen molar-refractivity contribution in [3.05, 3.63) is 23.8 Å². The van der Waals surface area contributed by atoms with Crippen molar-refractivity contribution in [1.29, 1.82) is 0 Å². The Kier molecular flexibility index (Phi) is 5.88. The van der Waals surface area contributed by atoms with Crippen molar-refractivity contribution in [3.63, 3.8) is 0 Å². The number of hydrogen-bond donors (Lipinski definition) is 1. The second-order valence-corrected chi connectivity index (χ2v) is 4.44. The standard InChI is InChI=1S/C15H24O2/c1-4-7-8-12(5-2)13-9-14(16)11-15(10-13)17-6-3/h9-12,16H,4-8H2,1-3H3. The molecule has 1 N–H and O–H groups in total. The molecule has 0 spiro atoms. The van der Waals surface area contributed by atoms with Gasteiger partial charge in [0, 0.05) is 6.07 Å². The van der Waals surface area contributed by atoms with Gasteiger partial charge in [0.1, 0.15) is 11.5 Å². The van der Waals surface area contributed by atoms with Gasteiger partial charge in [-0.1, -0.05) is 26.7 Å². The van der Waals surface area contributed by atoms with Crippen molar-refractivity contribution in [1.82, 2.24) is 0 Å². The molecule has 1 unspecified atom stereocenters. The Labute approximate surface area is 105 Å². The number of hydrogen-bond acceptors (Lipinski definition) is 2. The van der Waals surface area contributed by atoms with Crippen LogP contribution in [0.3, 0.4) is 0 Å². The first-order valence-electron chi connectivity index (χ1n) is 6.67.